The molecule has 0 saturated carbocycles. The van der Waals surface area contributed by atoms with E-state index in [1.165, 1.54) is 6.07 Å². The van der Waals surface area contributed by atoms with Gasteiger partial charge in [-0.2, -0.15) is 11.8 Å². The maximum absolute atomic E-state index is 13.5. The molecule has 0 aromatic heterocycles. The SMILES string of the molecule is CC[C@H](C)[C@H](CC(=O)[C@H](CCSC)CC(=O)c1cccc(OCC(=O)O)c1)C(=O)NCCCC(=O)OC(C)(C)C. The van der Waals surface area contributed by atoms with Crippen molar-refractivity contribution in [2.75, 3.05) is 25.2 Å². The average Bonchev–Trinajstić information content (AvgIpc) is 2.89. The van der Waals surface area contributed by atoms with Gasteiger partial charge in [0.2, 0.25) is 5.91 Å². The predicted molar refractivity (Wildman–Crippen MR) is 156 cm³/mol. The predicted octanol–water partition coefficient (Wildman–Crippen LogP) is 4.95. The number of ketones is 2. The molecule has 10 heteroatoms. The fourth-order valence-corrected chi connectivity index (χ4v) is 4.59. The third-order valence-electron chi connectivity index (χ3n) is 6.44. The lowest BCUT2D eigenvalue weighted by molar-refractivity contribution is -0.155. The molecule has 0 radical (unpaired) electrons. The van der Waals surface area contributed by atoms with Crippen LogP contribution >= 0.6 is 11.8 Å². The van der Waals surface area contributed by atoms with E-state index in [4.69, 9.17) is 14.6 Å². The first-order chi connectivity index (χ1) is 18.8. The number of carboxylic acids is 1. The summed E-state index contributed by atoms with van der Waals surface area (Å²) in [7, 11) is 0. The number of carbonyl (C=O) groups is 5. The summed E-state index contributed by atoms with van der Waals surface area (Å²) < 4.78 is 10.5. The number of hydrogen-bond donors (Lipinski definition) is 2. The number of carbonyl (C=O) groups excluding carboxylic acids is 4. The van der Waals surface area contributed by atoms with Crippen molar-refractivity contribution in [3.05, 3.63) is 29.8 Å². The van der Waals surface area contributed by atoms with E-state index in [0.717, 1.165) is 0 Å². The Morgan fingerprint density at radius 3 is 2.40 bits per heavy atom. The number of thioether (sulfide) groups is 1. The van der Waals surface area contributed by atoms with Crippen LogP contribution in [0.2, 0.25) is 0 Å². The number of benzene rings is 1. The molecule has 3 atom stereocenters. The first-order valence-corrected chi connectivity index (χ1v) is 15.2. The maximum atomic E-state index is 13.5. The molecule has 2 N–H and O–H groups in total. The molecule has 0 aliphatic carbocycles. The molecule has 0 unspecified atom stereocenters. The van der Waals surface area contributed by atoms with Gasteiger partial charge >= 0.3 is 11.9 Å². The maximum Gasteiger partial charge on any atom is 0.341 e. The largest absolute Gasteiger partial charge is 0.482 e. The van der Waals surface area contributed by atoms with Gasteiger partial charge in [0.1, 0.15) is 17.1 Å². The van der Waals surface area contributed by atoms with Crippen LogP contribution in [0.5, 0.6) is 5.75 Å². The molecule has 0 bridgehead atoms. The molecular formula is C30H45NO8S. The lowest BCUT2D eigenvalue weighted by atomic mass is 9.82. The van der Waals surface area contributed by atoms with E-state index in [0.29, 0.717) is 37.1 Å². The highest BCUT2D eigenvalue weighted by atomic mass is 32.2. The molecule has 40 heavy (non-hydrogen) atoms. The zero-order valence-electron chi connectivity index (χ0n) is 24.6. The third-order valence-corrected chi connectivity index (χ3v) is 7.09. The van der Waals surface area contributed by atoms with Crippen LogP contribution in [0.1, 0.15) is 83.5 Å². The summed E-state index contributed by atoms with van der Waals surface area (Å²) >= 11 is 1.58. The van der Waals surface area contributed by atoms with Crippen LogP contribution in [0.4, 0.5) is 0 Å². The minimum atomic E-state index is -1.12. The quantitative estimate of drug-likeness (QED) is 0.132. The minimum absolute atomic E-state index is 0.00743. The van der Waals surface area contributed by atoms with Gasteiger partial charge in [-0.3, -0.25) is 19.2 Å². The van der Waals surface area contributed by atoms with Crippen molar-refractivity contribution in [3.8, 4) is 5.75 Å². The lowest BCUT2D eigenvalue weighted by Crippen LogP contribution is -2.37. The van der Waals surface area contributed by atoms with Crippen molar-refractivity contribution in [2.24, 2.45) is 17.8 Å². The van der Waals surface area contributed by atoms with Gasteiger partial charge in [-0.05, 0) is 63.7 Å². The van der Waals surface area contributed by atoms with E-state index in [1.807, 2.05) is 20.1 Å². The van der Waals surface area contributed by atoms with Crippen molar-refractivity contribution < 1.29 is 38.6 Å². The molecule has 0 aliphatic heterocycles. The second-order valence-corrected chi connectivity index (χ2v) is 11.9. The Morgan fingerprint density at radius 2 is 1.80 bits per heavy atom. The molecule has 1 aromatic carbocycles. The first kappa shape index (κ1) is 35.1. The molecule has 1 aromatic rings. The number of ether oxygens (including phenoxy) is 2. The van der Waals surface area contributed by atoms with Crippen molar-refractivity contribution in [3.63, 3.8) is 0 Å². The summed E-state index contributed by atoms with van der Waals surface area (Å²) in [5.74, 6) is -2.23. The number of nitrogens with one attached hydrogen (secondary N) is 1. The Kier molecular flexibility index (Phi) is 15.6. The zero-order chi connectivity index (χ0) is 30.3. The molecule has 0 aliphatic rings. The van der Waals surface area contributed by atoms with Crippen LogP contribution in [0.15, 0.2) is 24.3 Å². The van der Waals surface area contributed by atoms with Crippen LogP contribution in [0, 0.1) is 17.8 Å². The van der Waals surface area contributed by atoms with Gasteiger partial charge in [0.25, 0.3) is 0 Å². The molecule has 9 nitrogen and oxygen atoms in total. The fourth-order valence-electron chi connectivity index (χ4n) is 4.07. The molecule has 1 rings (SSSR count). The van der Waals surface area contributed by atoms with Gasteiger partial charge in [-0.25, -0.2) is 4.79 Å². The van der Waals surface area contributed by atoms with E-state index < -0.39 is 30.0 Å². The Bertz CT molecular complexity index is 1000. The third kappa shape index (κ3) is 14.0. The van der Waals surface area contributed by atoms with Gasteiger partial charge in [0, 0.05) is 43.2 Å². The van der Waals surface area contributed by atoms with Crippen molar-refractivity contribution in [1.29, 1.82) is 0 Å². The molecule has 0 heterocycles. The molecule has 224 valence electrons. The summed E-state index contributed by atoms with van der Waals surface area (Å²) in [6, 6.07) is 6.26. The molecule has 0 fully saturated rings. The van der Waals surface area contributed by atoms with Crippen LogP contribution in [0.25, 0.3) is 0 Å². The first-order valence-electron chi connectivity index (χ1n) is 13.8. The highest BCUT2D eigenvalue weighted by molar-refractivity contribution is 7.98. The van der Waals surface area contributed by atoms with Gasteiger partial charge in [-0.15, -0.1) is 0 Å². The summed E-state index contributed by atoms with van der Waals surface area (Å²) in [6.45, 7) is 9.08. The number of aliphatic carboxylic acids is 1. The van der Waals surface area contributed by atoms with Gasteiger partial charge in [0.05, 0.1) is 0 Å². The molecule has 1 amide bonds. The number of carboxylic acid groups (broad SMARTS) is 1. The van der Waals surface area contributed by atoms with E-state index in [-0.39, 0.29) is 54.4 Å². The smallest absolute Gasteiger partial charge is 0.341 e. The summed E-state index contributed by atoms with van der Waals surface area (Å²) in [6.07, 6.45) is 3.78. The highest BCUT2D eigenvalue weighted by Crippen LogP contribution is 2.26. The Hall–Kier alpha value is -2.88. The highest BCUT2D eigenvalue weighted by Gasteiger charge is 2.31. The Balaban J connectivity index is 2.86. The molecule has 0 saturated heterocycles. The van der Waals surface area contributed by atoms with Crippen LogP contribution in [-0.2, 0) is 23.9 Å². The topological polar surface area (TPSA) is 136 Å². The number of hydrogen-bond acceptors (Lipinski definition) is 8. The number of amides is 1. The standard InChI is InChI=1S/C30H45NO8S/c1-7-20(2)24(29(37)31-14-9-12-28(36)39-30(3,4)5)18-26(33)22(13-15-40-6)17-25(32)21-10-8-11-23(16-21)38-19-27(34)35/h8,10-11,16,20,22,24H,7,9,12-15,17-19H2,1-6H3,(H,31,37)(H,34,35)/t20-,22+,24-/m0/s1. The Morgan fingerprint density at radius 1 is 1.10 bits per heavy atom. The van der Waals surface area contributed by atoms with Gasteiger partial charge in [-0.1, -0.05) is 32.4 Å². The second kappa shape index (κ2) is 17.7. The zero-order valence-corrected chi connectivity index (χ0v) is 25.4. The normalized spacial score (nSPS) is 13.6. The number of Topliss-reactive ketones (excluding diaryl/α,β-unsaturated/α-hetero) is 2. The molecule has 0 spiro atoms. The van der Waals surface area contributed by atoms with E-state index in [9.17, 15) is 24.0 Å². The number of esters is 1. The summed E-state index contributed by atoms with van der Waals surface area (Å²) in [4.78, 5) is 62.3. The van der Waals surface area contributed by atoms with E-state index in [2.05, 4.69) is 5.32 Å². The van der Waals surface area contributed by atoms with Crippen LogP contribution in [-0.4, -0.2) is 65.3 Å². The van der Waals surface area contributed by atoms with Crippen LogP contribution in [0.3, 0.4) is 0 Å². The fraction of sp³-hybridized carbons (Fsp3) is 0.633. The summed E-state index contributed by atoms with van der Waals surface area (Å²) in [5.41, 5.74) is -0.223. The molecular weight excluding hydrogens is 534 g/mol. The average molecular weight is 580 g/mol. The monoisotopic (exact) mass is 579 g/mol. The Labute approximate surface area is 242 Å². The van der Waals surface area contributed by atoms with E-state index in [1.54, 1.807) is 50.7 Å². The van der Waals surface area contributed by atoms with E-state index >= 15 is 0 Å². The lowest BCUT2D eigenvalue weighted by Gasteiger charge is -2.24. The second-order valence-electron chi connectivity index (χ2n) is 11.0. The van der Waals surface area contributed by atoms with Crippen LogP contribution < -0.4 is 10.1 Å². The van der Waals surface area contributed by atoms with Gasteiger partial charge < -0.3 is 19.9 Å². The van der Waals surface area contributed by atoms with Gasteiger partial charge in [0.15, 0.2) is 12.4 Å². The minimum Gasteiger partial charge on any atom is -0.482 e. The van der Waals surface area contributed by atoms with Crippen molar-refractivity contribution in [1.82, 2.24) is 5.32 Å². The number of rotatable bonds is 19. The summed E-state index contributed by atoms with van der Waals surface area (Å²) in [5, 5.41) is 11.7. The van der Waals surface area contributed by atoms with Crippen molar-refractivity contribution >= 4 is 41.2 Å². The van der Waals surface area contributed by atoms with Crippen molar-refractivity contribution in [2.45, 2.75) is 78.7 Å².